The van der Waals surface area contributed by atoms with Crippen molar-refractivity contribution >= 4 is 16.6 Å². The number of nitro benzene ring substituents is 1. The molecule has 0 atom stereocenters. The van der Waals surface area contributed by atoms with Crippen molar-refractivity contribution in [3.05, 3.63) is 40.6 Å². The fourth-order valence-corrected chi connectivity index (χ4v) is 2.19. The number of rotatable bonds is 6. The van der Waals surface area contributed by atoms with E-state index in [1.807, 2.05) is 18.3 Å². The Hall–Kier alpha value is -1.88. The molecule has 5 heteroatoms. The largest absolute Gasteiger partial charge is 0.347 e. The van der Waals surface area contributed by atoms with Crippen LogP contribution in [0.4, 0.5) is 5.69 Å². The lowest BCUT2D eigenvalue weighted by Crippen LogP contribution is -2.13. The van der Waals surface area contributed by atoms with E-state index in [0.717, 1.165) is 36.8 Å². The second kappa shape index (κ2) is 5.84. The zero-order valence-electron chi connectivity index (χ0n) is 11.4. The van der Waals surface area contributed by atoms with Gasteiger partial charge in [-0.25, -0.2) is 0 Å². The summed E-state index contributed by atoms with van der Waals surface area (Å²) in [7, 11) is 4.13. The van der Waals surface area contributed by atoms with Crippen LogP contribution in [0.2, 0.25) is 0 Å². The summed E-state index contributed by atoms with van der Waals surface area (Å²) in [6, 6.07) is 7.02. The summed E-state index contributed by atoms with van der Waals surface area (Å²) in [6.07, 6.45) is 4.20. The van der Waals surface area contributed by atoms with Crippen LogP contribution in [0.25, 0.3) is 10.9 Å². The maximum absolute atomic E-state index is 10.8. The lowest BCUT2D eigenvalue weighted by Gasteiger charge is -2.09. The molecule has 19 heavy (non-hydrogen) atoms. The third kappa shape index (κ3) is 3.32. The van der Waals surface area contributed by atoms with Crippen molar-refractivity contribution in [2.75, 3.05) is 20.6 Å². The van der Waals surface area contributed by atoms with Gasteiger partial charge in [-0.3, -0.25) is 10.1 Å². The van der Waals surface area contributed by atoms with Crippen molar-refractivity contribution in [3.8, 4) is 0 Å². The smallest absolute Gasteiger partial charge is 0.271 e. The summed E-state index contributed by atoms with van der Waals surface area (Å²) in [4.78, 5) is 12.6. The van der Waals surface area contributed by atoms with Crippen molar-refractivity contribution in [3.63, 3.8) is 0 Å². The van der Waals surface area contributed by atoms with Gasteiger partial charge in [0.1, 0.15) is 0 Å². The minimum absolute atomic E-state index is 0.153. The van der Waals surface area contributed by atoms with Gasteiger partial charge in [0.05, 0.1) is 10.4 Å². The molecule has 2 aromatic rings. The maximum Gasteiger partial charge on any atom is 0.271 e. The van der Waals surface area contributed by atoms with Crippen LogP contribution >= 0.6 is 0 Å². The summed E-state index contributed by atoms with van der Waals surface area (Å²) in [5, 5.41) is 11.9. The molecular formula is C14H19N3O2. The zero-order valence-corrected chi connectivity index (χ0v) is 11.4. The van der Waals surface area contributed by atoms with Gasteiger partial charge >= 0.3 is 0 Å². The second-order valence-corrected chi connectivity index (χ2v) is 5.02. The highest BCUT2D eigenvalue weighted by Gasteiger charge is 2.08. The third-order valence-electron chi connectivity index (χ3n) is 3.22. The SMILES string of the molecule is CN(C)CCCCn1ccc2ccc([N+](=O)[O-])cc21. The number of hydrogen-bond acceptors (Lipinski definition) is 3. The molecule has 0 aliphatic heterocycles. The molecular weight excluding hydrogens is 242 g/mol. The Bertz CT molecular complexity index is 575. The number of aryl methyl sites for hydroxylation is 1. The summed E-state index contributed by atoms with van der Waals surface area (Å²) in [5.41, 5.74) is 1.10. The van der Waals surface area contributed by atoms with Gasteiger partial charge < -0.3 is 9.47 Å². The van der Waals surface area contributed by atoms with Crippen molar-refractivity contribution in [1.29, 1.82) is 0 Å². The average Bonchev–Trinajstić information content (AvgIpc) is 2.76. The van der Waals surface area contributed by atoms with Crippen LogP contribution in [0.1, 0.15) is 12.8 Å². The summed E-state index contributed by atoms with van der Waals surface area (Å²) in [6.45, 7) is 1.97. The van der Waals surface area contributed by atoms with Crippen LogP contribution in [0.3, 0.4) is 0 Å². The van der Waals surface area contributed by atoms with Crippen molar-refractivity contribution < 1.29 is 4.92 Å². The zero-order chi connectivity index (χ0) is 13.8. The van der Waals surface area contributed by atoms with Crippen LogP contribution in [-0.4, -0.2) is 35.0 Å². The number of aromatic nitrogens is 1. The van der Waals surface area contributed by atoms with Gasteiger partial charge in [0.25, 0.3) is 5.69 Å². The fourth-order valence-electron chi connectivity index (χ4n) is 2.19. The van der Waals surface area contributed by atoms with Gasteiger partial charge in [0.15, 0.2) is 0 Å². The van der Waals surface area contributed by atoms with E-state index in [9.17, 15) is 10.1 Å². The second-order valence-electron chi connectivity index (χ2n) is 5.02. The fraction of sp³-hybridized carbons (Fsp3) is 0.429. The summed E-state index contributed by atoms with van der Waals surface area (Å²) >= 11 is 0. The molecule has 0 aliphatic rings. The summed E-state index contributed by atoms with van der Waals surface area (Å²) in [5.74, 6) is 0. The first-order valence-electron chi connectivity index (χ1n) is 6.46. The number of fused-ring (bicyclic) bond motifs is 1. The molecule has 0 amide bonds. The number of nitrogens with zero attached hydrogens (tertiary/aromatic N) is 3. The molecule has 0 radical (unpaired) electrons. The highest BCUT2D eigenvalue weighted by Crippen LogP contribution is 2.22. The van der Waals surface area contributed by atoms with E-state index in [-0.39, 0.29) is 10.6 Å². The molecule has 5 nitrogen and oxygen atoms in total. The molecule has 0 fully saturated rings. The quantitative estimate of drug-likeness (QED) is 0.456. The molecule has 1 heterocycles. The van der Waals surface area contributed by atoms with E-state index < -0.39 is 0 Å². The molecule has 102 valence electrons. The highest BCUT2D eigenvalue weighted by molar-refractivity contribution is 5.82. The first-order chi connectivity index (χ1) is 9.08. The van der Waals surface area contributed by atoms with E-state index in [2.05, 4.69) is 23.6 Å². The molecule has 0 unspecified atom stereocenters. The number of nitro groups is 1. The molecule has 2 rings (SSSR count). The topological polar surface area (TPSA) is 51.3 Å². The molecule has 1 aromatic heterocycles. The predicted octanol–water partition coefficient (Wildman–Crippen LogP) is 2.89. The third-order valence-corrected chi connectivity index (χ3v) is 3.22. The van der Waals surface area contributed by atoms with E-state index in [4.69, 9.17) is 0 Å². The Kier molecular flexibility index (Phi) is 4.16. The molecule has 0 bridgehead atoms. The van der Waals surface area contributed by atoms with Gasteiger partial charge in [-0.05, 0) is 45.6 Å². The standard InChI is InChI=1S/C14H19N3O2/c1-15(2)8-3-4-9-16-10-7-12-5-6-13(17(18)19)11-14(12)16/h5-7,10-11H,3-4,8-9H2,1-2H3. The van der Waals surface area contributed by atoms with Crippen molar-refractivity contribution in [2.45, 2.75) is 19.4 Å². The van der Waals surface area contributed by atoms with E-state index >= 15 is 0 Å². The van der Waals surface area contributed by atoms with Crippen LogP contribution < -0.4 is 0 Å². The van der Waals surface area contributed by atoms with Crippen LogP contribution in [0, 0.1) is 10.1 Å². The lowest BCUT2D eigenvalue weighted by atomic mass is 10.2. The Balaban J connectivity index is 2.10. The highest BCUT2D eigenvalue weighted by atomic mass is 16.6. The van der Waals surface area contributed by atoms with Gasteiger partial charge in [-0.1, -0.05) is 0 Å². The maximum atomic E-state index is 10.8. The normalized spacial score (nSPS) is 11.3. The first kappa shape index (κ1) is 13.5. The summed E-state index contributed by atoms with van der Waals surface area (Å²) < 4.78 is 2.10. The number of non-ortho nitro benzene ring substituents is 1. The monoisotopic (exact) mass is 261 g/mol. The number of unbranched alkanes of at least 4 members (excludes halogenated alkanes) is 1. The van der Waals surface area contributed by atoms with Crippen molar-refractivity contribution in [1.82, 2.24) is 9.47 Å². The van der Waals surface area contributed by atoms with Gasteiger partial charge in [0.2, 0.25) is 0 Å². The molecule has 0 saturated heterocycles. The lowest BCUT2D eigenvalue weighted by molar-refractivity contribution is -0.384. The van der Waals surface area contributed by atoms with Crippen LogP contribution in [0.5, 0.6) is 0 Å². The van der Waals surface area contributed by atoms with E-state index in [1.54, 1.807) is 12.1 Å². The molecule has 0 aliphatic carbocycles. The van der Waals surface area contributed by atoms with Gasteiger partial charge in [0, 0.05) is 30.3 Å². The average molecular weight is 261 g/mol. The van der Waals surface area contributed by atoms with Crippen molar-refractivity contribution in [2.24, 2.45) is 0 Å². The Labute approximate surface area is 112 Å². The molecule has 0 spiro atoms. The minimum Gasteiger partial charge on any atom is -0.347 e. The molecule has 0 saturated carbocycles. The van der Waals surface area contributed by atoms with E-state index in [0.29, 0.717) is 0 Å². The molecule has 1 aromatic carbocycles. The van der Waals surface area contributed by atoms with Crippen LogP contribution in [0.15, 0.2) is 30.5 Å². The van der Waals surface area contributed by atoms with Crippen LogP contribution in [-0.2, 0) is 6.54 Å². The van der Waals surface area contributed by atoms with Gasteiger partial charge in [-0.2, -0.15) is 0 Å². The first-order valence-corrected chi connectivity index (χ1v) is 6.46. The van der Waals surface area contributed by atoms with E-state index in [1.165, 1.54) is 0 Å². The predicted molar refractivity (Wildman–Crippen MR) is 76.4 cm³/mol. The number of benzene rings is 1. The Morgan fingerprint density at radius 3 is 2.74 bits per heavy atom. The Morgan fingerprint density at radius 2 is 2.05 bits per heavy atom. The van der Waals surface area contributed by atoms with Gasteiger partial charge in [-0.15, -0.1) is 0 Å². The minimum atomic E-state index is -0.344. The molecule has 0 N–H and O–H groups in total. The Morgan fingerprint density at radius 1 is 1.26 bits per heavy atom. The number of hydrogen-bond donors (Lipinski definition) is 0.